The molecule has 0 aliphatic heterocycles. The van der Waals surface area contributed by atoms with Gasteiger partial charge in [-0.1, -0.05) is 12.1 Å². The Hall–Kier alpha value is -2.47. The van der Waals surface area contributed by atoms with Gasteiger partial charge >= 0.3 is 5.97 Å². The van der Waals surface area contributed by atoms with Crippen LogP contribution in [-0.4, -0.2) is 22.6 Å². The predicted molar refractivity (Wildman–Crippen MR) is 93.1 cm³/mol. The van der Waals surface area contributed by atoms with Crippen LogP contribution in [0.3, 0.4) is 0 Å². The lowest BCUT2D eigenvalue weighted by Gasteiger charge is -2.08. The quantitative estimate of drug-likeness (QED) is 0.622. The first-order chi connectivity index (χ1) is 11.5. The fourth-order valence-electron chi connectivity index (χ4n) is 2.67. The number of pyridine rings is 1. The molecule has 0 aliphatic rings. The van der Waals surface area contributed by atoms with Crippen molar-refractivity contribution in [3.8, 4) is 22.3 Å². The number of carbonyl (C=O) groups excluding carboxylic acids is 1. The molecule has 0 bridgehead atoms. The van der Waals surface area contributed by atoms with Crippen molar-refractivity contribution in [1.29, 1.82) is 0 Å². The molecule has 0 saturated heterocycles. The molecule has 0 N–H and O–H groups in total. The van der Waals surface area contributed by atoms with E-state index < -0.39 is 5.97 Å². The maximum absolute atomic E-state index is 13.3. The molecular formula is C18H14BrFN2O2. The molecule has 3 aromatic rings. The first-order valence-corrected chi connectivity index (χ1v) is 7.96. The molecule has 24 heavy (non-hydrogen) atoms. The number of nitrogens with zero attached hydrogens (tertiary/aromatic N) is 2. The van der Waals surface area contributed by atoms with Crippen molar-refractivity contribution in [3.63, 3.8) is 0 Å². The number of rotatable bonds is 3. The van der Waals surface area contributed by atoms with E-state index in [4.69, 9.17) is 4.74 Å². The van der Waals surface area contributed by atoms with Crippen molar-refractivity contribution in [2.24, 2.45) is 7.05 Å². The van der Waals surface area contributed by atoms with E-state index in [9.17, 15) is 9.18 Å². The lowest BCUT2D eigenvalue weighted by atomic mass is 9.97. The molecule has 0 fully saturated rings. The van der Waals surface area contributed by atoms with Crippen LogP contribution in [0.1, 0.15) is 10.5 Å². The molecule has 0 radical (unpaired) electrons. The Morgan fingerprint density at radius 2 is 1.67 bits per heavy atom. The summed E-state index contributed by atoms with van der Waals surface area (Å²) in [7, 11) is 3.12. The molecular weight excluding hydrogens is 375 g/mol. The number of methoxy groups -OCH3 is 1. The van der Waals surface area contributed by atoms with Crippen LogP contribution in [0.5, 0.6) is 0 Å². The van der Waals surface area contributed by atoms with E-state index in [0.717, 1.165) is 16.7 Å². The lowest BCUT2D eigenvalue weighted by molar-refractivity contribution is 0.0590. The highest BCUT2D eigenvalue weighted by Gasteiger charge is 2.26. The summed E-state index contributed by atoms with van der Waals surface area (Å²) in [4.78, 5) is 16.4. The van der Waals surface area contributed by atoms with Crippen LogP contribution >= 0.6 is 15.9 Å². The third-order valence-electron chi connectivity index (χ3n) is 3.80. The lowest BCUT2D eigenvalue weighted by Crippen LogP contribution is -2.09. The second kappa shape index (κ2) is 6.57. The Morgan fingerprint density at radius 1 is 1.08 bits per heavy atom. The van der Waals surface area contributed by atoms with E-state index in [1.54, 1.807) is 36.1 Å². The van der Waals surface area contributed by atoms with Crippen LogP contribution in [0.25, 0.3) is 22.3 Å². The highest BCUT2D eigenvalue weighted by atomic mass is 79.9. The summed E-state index contributed by atoms with van der Waals surface area (Å²) in [5.74, 6) is -0.761. The highest BCUT2D eigenvalue weighted by Crippen LogP contribution is 2.42. The van der Waals surface area contributed by atoms with Crippen molar-refractivity contribution in [2.45, 2.75) is 0 Å². The smallest absolute Gasteiger partial charge is 0.355 e. The van der Waals surface area contributed by atoms with Crippen LogP contribution in [0.4, 0.5) is 4.39 Å². The molecule has 0 amide bonds. The molecule has 0 unspecified atom stereocenters. The number of halogens is 2. The molecule has 1 aromatic carbocycles. The van der Waals surface area contributed by atoms with Gasteiger partial charge in [-0.25, -0.2) is 9.18 Å². The van der Waals surface area contributed by atoms with Crippen molar-refractivity contribution in [1.82, 2.24) is 9.55 Å². The maximum Gasteiger partial charge on any atom is 0.355 e. The van der Waals surface area contributed by atoms with Gasteiger partial charge in [0.25, 0.3) is 0 Å². The predicted octanol–water partition coefficient (Wildman–Crippen LogP) is 4.44. The van der Waals surface area contributed by atoms with E-state index in [1.807, 2.05) is 12.1 Å². The van der Waals surface area contributed by atoms with Gasteiger partial charge < -0.3 is 9.30 Å². The number of aromatic nitrogens is 2. The van der Waals surface area contributed by atoms with Gasteiger partial charge in [0.05, 0.1) is 11.7 Å². The van der Waals surface area contributed by atoms with Gasteiger partial charge in [0.1, 0.15) is 11.5 Å². The number of benzene rings is 1. The number of carbonyl (C=O) groups is 1. The Labute approximate surface area is 147 Å². The first kappa shape index (κ1) is 16.4. The molecule has 6 heteroatoms. The van der Waals surface area contributed by atoms with E-state index in [-0.39, 0.29) is 5.82 Å². The van der Waals surface area contributed by atoms with E-state index >= 15 is 0 Å². The molecule has 122 valence electrons. The maximum atomic E-state index is 13.3. The first-order valence-electron chi connectivity index (χ1n) is 7.17. The Bertz CT molecular complexity index is 890. The van der Waals surface area contributed by atoms with Crippen molar-refractivity contribution >= 4 is 21.9 Å². The average molecular weight is 389 g/mol. The van der Waals surface area contributed by atoms with Crippen LogP contribution < -0.4 is 0 Å². The average Bonchev–Trinajstić information content (AvgIpc) is 2.87. The molecule has 2 heterocycles. The fraction of sp³-hybridized carbons (Fsp3) is 0.111. The van der Waals surface area contributed by atoms with Gasteiger partial charge in [-0.3, -0.25) is 4.98 Å². The van der Waals surface area contributed by atoms with Gasteiger partial charge in [-0.15, -0.1) is 0 Å². The summed E-state index contributed by atoms with van der Waals surface area (Å²) in [5, 5.41) is 0. The third-order valence-corrected chi connectivity index (χ3v) is 4.73. The van der Waals surface area contributed by atoms with E-state index in [2.05, 4.69) is 20.9 Å². The van der Waals surface area contributed by atoms with Crippen molar-refractivity contribution < 1.29 is 13.9 Å². The molecule has 0 saturated carbocycles. The summed E-state index contributed by atoms with van der Waals surface area (Å²) >= 11 is 3.55. The summed E-state index contributed by atoms with van der Waals surface area (Å²) in [6.07, 6.45) is 3.32. The van der Waals surface area contributed by atoms with Crippen molar-refractivity contribution in [3.05, 3.63) is 64.9 Å². The van der Waals surface area contributed by atoms with Crippen LogP contribution in [0, 0.1) is 5.82 Å². The van der Waals surface area contributed by atoms with Gasteiger partial charge in [0, 0.05) is 30.6 Å². The Morgan fingerprint density at radius 3 is 2.25 bits per heavy atom. The third kappa shape index (κ3) is 2.73. The van der Waals surface area contributed by atoms with Crippen LogP contribution in [-0.2, 0) is 11.8 Å². The number of hydrogen-bond donors (Lipinski definition) is 0. The number of esters is 1. The minimum atomic E-state index is -0.446. The van der Waals surface area contributed by atoms with Gasteiger partial charge in [-0.05, 0) is 51.3 Å². The van der Waals surface area contributed by atoms with Gasteiger partial charge in [0.15, 0.2) is 0 Å². The second-order valence-corrected chi connectivity index (χ2v) is 5.93. The highest BCUT2D eigenvalue weighted by molar-refractivity contribution is 9.10. The zero-order chi connectivity index (χ0) is 17.3. The summed E-state index contributed by atoms with van der Waals surface area (Å²) in [6.45, 7) is 0. The molecule has 0 spiro atoms. The molecule has 0 atom stereocenters. The Balaban J connectivity index is 2.36. The van der Waals surface area contributed by atoms with Gasteiger partial charge in [-0.2, -0.15) is 0 Å². The zero-order valence-corrected chi connectivity index (χ0v) is 14.7. The summed E-state index contributed by atoms with van der Waals surface area (Å²) in [5.41, 5.74) is 3.54. The summed E-state index contributed by atoms with van der Waals surface area (Å²) in [6, 6.07) is 9.79. The zero-order valence-electron chi connectivity index (χ0n) is 13.1. The number of hydrogen-bond acceptors (Lipinski definition) is 3. The van der Waals surface area contributed by atoms with E-state index in [0.29, 0.717) is 15.9 Å². The molecule has 4 nitrogen and oxygen atoms in total. The molecule has 0 aliphatic carbocycles. The number of ether oxygens (including phenoxy) is 1. The largest absolute Gasteiger partial charge is 0.464 e. The minimum Gasteiger partial charge on any atom is -0.464 e. The normalized spacial score (nSPS) is 10.7. The fourth-order valence-corrected chi connectivity index (χ4v) is 3.27. The van der Waals surface area contributed by atoms with Gasteiger partial charge in [0.2, 0.25) is 0 Å². The van der Waals surface area contributed by atoms with Crippen LogP contribution in [0.15, 0.2) is 53.4 Å². The minimum absolute atomic E-state index is 0.315. The SMILES string of the molecule is COC(=O)c1c(-c2ccncc2)c(-c2ccc(F)cc2)c(Br)n1C. The van der Waals surface area contributed by atoms with E-state index in [1.165, 1.54) is 19.2 Å². The molecule has 2 aromatic heterocycles. The summed E-state index contributed by atoms with van der Waals surface area (Å²) < 4.78 is 20.7. The molecule has 3 rings (SSSR count). The van der Waals surface area contributed by atoms with Crippen LogP contribution in [0.2, 0.25) is 0 Å². The van der Waals surface area contributed by atoms with Crippen molar-refractivity contribution in [2.75, 3.05) is 7.11 Å². The topological polar surface area (TPSA) is 44.1 Å². The standard InChI is InChI=1S/C18H14BrFN2O2/c1-22-16(18(23)24-2)14(12-7-9-21-10-8-12)15(17(22)19)11-3-5-13(20)6-4-11/h3-10H,1-2H3. The monoisotopic (exact) mass is 388 g/mol. The second-order valence-electron chi connectivity index (χ2n) is 5.18. The Kier molecular flexibility index (Phi) is 4.49.